The number of benzene rings is 1. The van der Waals surface area contributed by atoms with Crippen molar-refractivity contribution in [1.82, 2.24) is 0 Å². The fourth-order valence-electron chi connectivity index (χ4n) is 0.963. The van der Waals surface area contributed by atoms with Crippen LogP contribution in [-0.4, -0.2) is 5.60 Å². The molecule has 0 saturated carbocycles. The van der Waals surface area contributed by atoms with Gasteiger partial charge in [-0.25, -0.2) is 0 Å². The largest absolute Gasteiger partial charge is 0.488 e. The molecule has 0 fully saturated rings. The van der Waals surface area contributed by atoms with Crippen molar-refractivity contribution in [2.24, 2.45) is 0 Å². The van der Waals surface area contributed by atoms with E-state index in [2.05, 4.69) is 5.73 Å². The van der Waals surface area contributed by atoms with Crippen LogP contribution in [0.25, 0.3) is 0 Å². The third kappa shape index (κ3) is 2.93. The Morgan fingerprint density at radius 1 is 1.25 bits per heavy atom. The summed E-state index contributed by atoms with van der Waals surface area (Å²) in [6.45, 7) is 6.09. The first-order valence-corrected chi connectivity index (χ1v) is 4.08. The maximum absolute atomic E-state index is 5.64. The topological polar surface area (TPSA) is 36.9 Å². The fraction of sp³-hybridized carbons (Fsp3) is 0.400. The van der Waals surface area contributed by atoms with Crippen molar-refractivity contribution >= 4 is 5.69 Å². The first-order chi connectivity index (χ1) is 5.47. The van der Waals surface area contributed by atoms with E-state index in [0.29, 0.717) is 0 Å². The van der Waals surface area contributed by atoms with Gasteiger partial charge in [0.15, 0.2) is 0 Å². The van der Waals surface area contributed by atoms with Crippen molar-refractivity contribution in [2.45, 2.75) is 26.4 Å². The second kappa shape index (κ2) is 3.15. The lowest BCUT2D eigenvalue weighted by atomic mass is 10.2. The minimum absolute atomic E-state index is 0.131. The van der Waals surface area contributed by atoms with Gasteiger partial charge in [0, 0.05) is 6.07 Å². The lowest BCUT2D eigenvalue weighted by Crippen LogP contribution is -2.40. The summed E-state index contributed by atoms with van der Waals surface area (Å²) < 4.78 is 5.64. The van der Waals surface area contributed by atoms with Gasteiger partial charge >= 0.3 is 0 Å². The van der Waals surface area contributed by atoms with Gasteiger partial charge < -0.3 is 10.5 Å². The molecule has 0 spiro atoms. The van der Waals surface area contributed by atoms with Crippen molar-refractivity contribution in [1.29, 1.82) is 0 Å². The van der Waals surface area contributed by atoms with Crippen molar-refractivity contribution < 1.29 is 10.5 Å². The average Bonchev–Trinajstić information content (AvgIpc) is 1.82. The molecule has 0 saturated heterocycles. The molecule has 66 valence electrons. The van der Waals surface area contributed by atoms with Crippen LogP contribution in [0.4, 0.5) is 5.69 Å². The van der Waals surface area contributed by atoms with Gasteiger partial charge in [0.2, 0.25) is 0 Å². The van der Waals surface area contributed by atoms with Crippen LogP contribution in [0.15, 0.2) is 24.3 Å². The maximum Gasteiger partial charge on any atom is 0.131 e. The molecule has 0 unspecified atom stereocenters. The van der Waals surface area contributed by atoms with Crippen molar-refractivity contribution in [3.8, 4) is 5.75 Å². The molecule has 0 aromatic heterocycles. The summed E-state index contributed by atoms with van der Waals surface area (Å²) >= 11 is 0. The Morgan fingerprint density at radius 3 is 2.42 bits per heavy atom. The van der Waals surface area contributed by atoms with Crippen LogP contribution >= 0.6 is 0 Å². The number of ether oxygens (including phenoxy) is 1. The van der Waals surface area contributed by atoms with E-state index in [1.807, 2.05) is 45.0 Å². The van der Waals surface area contributed by atoms with Gasteiger partial charge in [-0.2, -0.15) is 0 Å². The average molecular weight is 166 g/mol. The van der Waals surface area contributed by atoms with E-state index in [4.69, 9.17) is 4.74 Å². The molecule has 0 heterocycles. The molecular weight excluding hydrogens is 150 g/mol. The van der Waals surface area contributed by atoms with Gasteiger partial charge in [0.05, 0.1) is 0 Å². The molecule has 12 heavy (non-hydrogen) atoms. The smallest absolute Gasteiger partial charge is 0.131 e. The Balaban J connectivity index is 2.77. The van der Waals surface area contributed by atoms with E-state index in [1.54, 1.807) is 0 Å². The fourth-order valence-corrected chi connectivity index (χ4v) is 0.963. The number of hydrogen-bond acceptors (Lipinski definition) is 1. The van der Waals surface area contributed by atoms with Crippen LogP contribution < -0.4 is 10.5 Å². The van der Waals surface area contributed by atoms with Crippen LogP contribution in [0.1, 0.15) is 20.8 Å². The Bertz CT molecular complexity index is 263. The highest BCUT2D eigenvalue weighted by atomic mass is 16.5. The van der Waals surface area contributed by atoms with E-state index in [-0.39, 0.29) is 5.60 Å². The predicted octanol–water partition coefficient (Wildman–Crippen LogP) is 1.74. The summed E-state index contributed by atoms with van der Waals surface area (Å²) in [7, 11) is 0. The molecule has 1 rings (SSSR count). The van der Waals surface area contributed by atoms with Crippen molar-refractivity contribution in [3.05, 3.63) is 24.3 Å². The molecule has 0 aliphatic carbocycles. The highest BCUT2D eigenvalue weighted by Gasteiger charge is 2.11. The van der Waals surface area contributed by atoms with Crippen LogP contribution in [0.5, 0.6) is 5.75 Å². The maximum atomic E-state index is 5.64. The molecule has 0 radical (unpaired) electrons. The quantitative estimate of drug-likeness (QED) is 0.677. The van der Waals surface area contributed by atoms with E-state index < -0.39 is 0 Å². The molecule has 0 bridgehead atoms. The molecule has 0 aliphatic heterocycles. The Labute approximate surface area is 73.3 Å². The molecule has 1 aromatic rings. The lowest BCUT2D eigenvalue weighted by molar-refractivity contribution is -0.254. The summed E-state index contributed by atoms with van der Waals surface area (Å²) in [6, 6.07) is 7.78. The lowest BCUT2D eigenvalue weighted by Gasteiger charge is -2.20. The molecule has 2 nitrogen and oxygen atoms in total. The van der Waals surface area contributed by atoms with Gasteiger partial charge in [-0.3, -0.25) is 0 Å². The van der Waals surface area contributed by atoms with Crippen LogP contribution in [0.3, 0.4) is 0 Å². The Morgan fingerprint density at radius 2 is 1.92 bits per heavy atom. The first-order valence-electron chi connectivity index (χ1n) is 4.08. The summed E-state index contributed by atoms with van der Waals surface area (Å²) in [5, 5.41) is 0. The van der Waals surface area contributed by atoms with Gasteiger partial charge in [-0.15, -0.1) is 0 Å². The predicted molar refractivity (Wildman–Crippen MR) is 49.4 cm³/mol. The highest BCUT2D eigenvalue weighted by molar-refractivity contribution is 5.36. The standard InChI is InChI=1S/C10H15NO/c1-10(2,3)12-9-6-4-5-8(11)7-9/h4-7H,11H2,1-3H3/p+1. The number of rotatable bonds is 1. The van der Waals surface area contributed by atoms with Gasteiger partial charge in [-0.1, -0.05) is 6.07 Å². The highest BCUT2D eigenvalue weighted by Crippen LogP contribution is 2.19. The number of quaternary nitrogens is 1. The van der Waals surface area contributed by atoms with E-state index in [9.17, 15) is 0 Å². The summed E-state index contributed by atoms with van der Waals surface area (Å²) in [4.78, 5) is 0. The Kier molecular flexibility index (Phi) is 2.38. The summed E-state index contributed by atoms with van der Waals surface area (Å²) in [5.74, 6) is 0.884. The molecular formula is C10H16NO+. The SMILES string of the molecule is CC(C)(C)Oc1cccc([NH3+])c1. The zero-order chi connectivity index (χ0) is 9.19. The van der Waals surface area contributed by atoms with E-state index in [1.165, 1.54) is 0 Å². The van der Waals surface area contributed by atoms with E-state index in [0.717, 1.165) is 11.4 Å². The van der Waals surface area contributed by atoms with E-state index >= 15 is 0 Å². The van der Waals surface area contributed by atoms with Gasteiger partial charge in [-0.05, 0) is 32.9 Å². The van der Waals surface area contributed by atoms with Crippen molar-refractivity contribution in [3.63, 3.8) is 0 Å². The van der Waals surface area contributed by atoms with Gasteiger partial charge in [0.1, 0.15) is 17.0 Å². The first kappa shape index (κ1) is 9.07. The van der Waals surface area contributed by atoms with Crippen molar-refractivity contribution in [2.75, 3.05) is 0 Å². The molecule has 3 N–H and O–H groups in total. The minimum atomic E-state index is -0.131. The molecule has 2 heteroatoms. The normalized spacial score (nSPS) is 11.3. The third-order valence-electron chi connectivity index (χ3n) is 1.32. The zero-order valence-corrected chi connectivity index (χ0v) is 7.92. The molecule has 1 aromatic carbocycles. The summed E-state index contributed by atoms with van der Waals surface area (Å²) in [6.07, 6.45) is 0. The minimum Gasteiger partial charge on any atom is -0.488 e. The second-order valence-corrected chi connectivity index (χ2v) is 3.86. The molecule has 0 aliphatic rings. The molecule has 0 atom stereocenters. The van der Waals surface area contributed by atoms with Crippen LogP contribution in [-0.2, 0) is 0 Å². The second-order valence-electron chi connectivity index (χ2n) is 3.86. The monoisotopic (exact) mass is 166 g/mol. The zero-order valence-electron chi connectivity index (χ0n) is 7.92. The van der Waals surface area contributed by atoms with Crippen LogP contribution in [0.2, 0.25) is 0 Å². The Hall–Kier alpha value is -1.02. The van der Waals surface area contributed by atoms with Gasteiger partial charge in [0.25, 0.3) is 0 Å². The number of hydrogen-bond donors (Lipinski definition) is 1. The third-order valence-corrected chi connectivity index (χ3v) is 1.32. The van der Waals surface area contributed by atoms with Crippen LogP contribution in [0, 0.1) is 0 Å². The molecule has 0 amide bonds. The summed E-state index contributed by atoms with van der Waals surface area (Å²) in [5.41, 5.74) is 4.68.